The first-order valence-electron chi connectivity index (χ1n) is 6.84. The van der Waals surface area contributed by atoms with Gasteiger partial charge in [-0.15, -0.1) is 0 Å². The van der Waals surface area contributed by atoms with E-state index in [0.29, 0.717) is 13.1 Å². The zero-order valence-electron chi connectivity index (χ0n) is 12.4. The molecule has 4 heteroatoms. The van der Waals surface area contributed by atoms with Crippen LogP contribution in [-0.2, 0) is 11.3 Å². The number of hydrogen-bond acceptors (Lipinski definition) is 3. The van der Waals surface area contributed by atoms with Gasteiger partial charge in [0.1, 0.15) is 0 Å². The Balaban J connectivity index is 2.92. The first kappa shape index (κ1) is 15.6. The van der Waals surface area contributed by atoms with E-state index >= 15 is 0 Å². The van der Waals surface area contributed by atoms with E-state index in [0.717, 1.165) is 12.0 Å². The highest BCUT2D eigenvalue weighted by Crippen LogP contribution is 2.25. The van der Waals surface area contributed by atoms with Gasteiger partial charge in [-0.1, -0.05) is 13.0 Å². The summed E-state index contributed by atoms with van der Waals surface area (Å²) in [6, 6.07) is 4.02. The fraction of sp³-hybridized carbons (Fsp3) is 0.600. The van der Waals surface area contributed by atoms with Crippen molar-refractivity contribution in [2.24, 2.45) is 11.1 Å². The molecular weight excluding hydrogens is 238 g/mol. The Labute approximate surface area is 116 Å². The number of aromatic nitrogens is 1. The second-order valence-electron chi connectivity index (χ2n) is 5.51. The van der Waals surface area contributed by atoms with Crippen LogP contribution in [0.1, 0.15) is 39.7 Å². The van der Waals surface area contributed by atoms with Crippen LogP contribution in [0.3, 0.4) is 0 Å². The smallest absolute Gasteiger partial charge is 0.230 e. The van der Waals surface area contributed by atoms with E-state index in [-0.39, 0.29) is 11.9 Å². The minimum atomic E-state index is -0.480. The summed E-state index contributed by atoms with van der Waals surface area (Å²) in [4.78, 5) is 18.7. The van der Waals surface area contributed by atoms with E-state index in [9.17, 15) is 4.79 Å². The molecule has 0 spiro atoms. The van der Waals surface area contributed by atoms with E-state index < -0.39 is 5.41 Å². The van der Waals surface area contributed by atoms with Crippen LogP contribution in [0.2, 0.25) is 0 Å². The molecule has 0 saturated heterocycles. The second kappa shape index (κ2) is 6.66. The lowest BCUT2D eigenvalue weighted by molar-refractivity contribution is -0.143. The number of amides is 1. The minimum absolute atomic E-state index is 0.122. The fourth-order valence-electron chi connectivity index (χ4n) is 1.91. The van der Waals surface area contributed by atoms with Crippen molar-refractivity contribution in [1.29, 1.82) is 0 Å². The third-order valence-corrected chi connectivity index (χ3v) is 3.71. The van der Waals surface area contributed by atoms with Gasteiger partial charge in [-0.3, -0.25) is 9.78 Å². The summed E-state index contributed by atoms with van der Waals surface area (Å²) < 4.78 is 0. The summed E-state index contributed by atoms with van der Waals surface area (Å²) in [6.45, 7) is 8.96. The predicted octanol–water partition coefficient (Wildman–Crippen LogP) is 2.19. The van der Waals surface area contributed by atoms with Gasteiger partial charge in [-0.2, -0.15) is 0 Å². The average molecular weight is 263 g/mol. The molecule has 1 heterocycles. The van der Waals surface area contributed by atoms with Crippen LogP contribution in [0.25, 0.3) is 0 Å². The Kier molecular flexibility index (Phi) is 5.48. The summed E-state index contributed by atoms with van der Waals surface area (Å²) in [5, 5.41) is 0. The van der Waals surface area contributed by atoms with Gasteiger partial charge in [-0.05, 0) is 38.8 Å². The van der Waals surface area contributed by atoms with Crippen molar-refractivity contribution in [3.63, 3.8) is 0 Å². The lowest BCUT2D eigenvalue weighted by Crippen LogP contribution is -2.48. The van der Waals surface area contributed by atoms with E-state index in [2.05, 4.69) is 4.98 Å². The molecule has 0 aliphatic rings. The largest absolute Gasteiger partial charge is 0.335 e. The lowest BCUT2D eigenvalue weighted by Gasteiger charge is -2.35. The number of nitrogens with two attached hydrogens (primary N) is 1. The molecule has 0 aliphatic carbocycles. The second-order valence-corrected chi connectivity index (χ2v) is 5.51. The molecule has 2 N–H and O–H groups in total. The molecule has 19 heavy (non-hydrogen) atoms. The van der Waals surface area contributed by atoms with Crippen molar-refractivity contribution in [1.82, 2.24) is 9.88 Å². The lowest BCUT2D eigenvalue weighted by atomic mass is 9.85. The Morgan fingerprint density at radius 2 is 2.21 bits per heavy atom. The van der Waals surface area contributed by atoms with Gasteiger partial charge in [-0.25, -0.2) is 0 Å². The Hall–Kier alpha value is -1.42. The first-order chi connectivity index (χ1) is 8.94. The number of hydrogen-bond donors (Lipinski definition) is 1. The number of rotatable bonds is 6. The number of carbonyl (C=O) groups excluding carboxylic acids is 1. The van der Waals surface area contributed by atoms with E-state index in [1.807, 2.05) is 44.7 Å². The number of nitrogens with zero attached hydrogens (tertiary/aromatic N) is 2. The van der Waals surface area contributed by atoms with E-state index in [1.54, 1.807) is 12.4 Å². The molecule has 0 saturated carbocycles. The SMILES string of the molecule is CCC(C)(CN)C(=O)N(Cc1cccnc1)C(C)C. The molecule has 1 rings (SSSR count). The van der Waals surface area contributed by atoms with Gasteiger partial charge < -0.3 is 10.6 Å². The summed E-state index contributed by atoms with van der Waals surface area (Å²) in [5.41, 5.74) is 6.35. The van der Waals surface area contributed by atoms with Crippen LogP contribution in [0.15, 0.2) is 24.5 Å². The van der Waals surface area contributed by atoms with Crippen molar-refractivity contribution >= 4 is 5.91 Å². The monoisotopic (exact) mass is 263 g/mol. The molecule has 4 nitrogen and oxygen atoms in total. The highest BCUT2D eigenvalue weighted by Gasteiger charge is 2.34. The van der Waals surface area contributed by atoms with Crippen LogP contribution < -0.4 is 5.73 Å². The molecule has 0 aromatic carbocycles. The molecule has 0 bridgehead atoms. The van der Waals surface area contributed by atoms with Gasteiger partial charge in [0.2, 0.25) is 5.91 Å². The summed E-state index contributed by atoms with van der Waals surface area (Å²) in [7, 11) is 0. The maximum Gasteiger partial charge on any atom is 0.230 e. The molecule has 1 aromatic rings. The normalized spacial score (nSPS) is 14.2. The molecular formula is C15H25N3O. The Morgan fingerprint density at radius 3 is 2.63 bits per heavy atom. The quantitative estimate of drug-likeness (QED) is 0.856. The first-order valence-corrected chi connectivity index (χ1v) is 6.84. The third-order valence-electron chi connectivity index (χ3n) is 3.71. The predicted molar refractivity (Wildman–Crippen MR) is 77.4 cm³/mol. The molecule has 1 atom stereocenters. The maximum atomic E-state index is 12.7. The van der Waals surface area contributed by atoms with Crippen molar-refractivity contribution in [2.45, 2.75) is 46.7 Å². The van der Waals surface area contributed by atoms with Crippen molar-refractivity contribution in [2.75, 3.05) is 6.54 Å². The highest BCUT2D eigenvalue weighted by atomic mass is 16.2. The average Bonchev–Trinajstić information content (AvgIpc) is 2.44. The van der Waals surface area contributed by atoms with Crippen molar-refractivity contribution in [3.05, 3.63) is 30.1 Å². The van der Waals surface area contributed by atoms with E-state index in [4.69, 9.17) is 5.73 Å². The molecule has 1 unspecified atom stereocenters. The molecule has 0 aliphatic heterocycles. The van der Waals surface area contributed by atoms with E-state index in [1.165, 1.54) is 0 Å². The highest BCUT2D eigenvalue weighted by molar-refractivity contribution is 5.82. The zero-order chi connectivity index (χ0) is 14.5. The minimum Gasteiger partial charge on any atom is -0.335 e. The number of carbonyl (C=O) groups is 1. The Bertz CT molecular complexity index is 399. The van der Waals surface area contributed by atoms with Gasteiger partial charge in [0, 0.05) is 31.5 Å². The molecule has 106 valence electrons. The molecule has 1 amide bonds. The summed E-state index contributed by atoms with van der Waals surface area (Å²) in [5.74, 6) is 0.122. The van der Waals surface area contributed by atoms with Gasteiger partial charge in [0.05, 0.1) is 5.41 Å². The van der Waals surface area contributed by atoms with Crippen LogP contribution in [0.5, 0.6) is 0 Å². The maximum absolute atomic E-state index is 12.7. The zero-order valence-corrected chi connectivity index (χ0v) is 12.4. The van der Waals surface area contributed by atoms with Crippen LogP contribution in [0.4, 0.5) is 0 Å². The molecule has 0 radical (unpaired) electrons. The van der Waals surface area contributed by atoms with Crippen molar-refractivity contribution < 1.29 is 4.79 Å². The van der Waals surface area contributed by atoms with Crippen molar-refractivity contribution in [3.8, 4) is 0 Å². The number of pyridine rings is 1. The van der Waals surface area contributed by atoms with Gasteiger partial charge in [0.15, 0.2) is 0 Å². The van der Waals surface area contributed by atoms with Crippen LogP contribution in [0, 0.1) is 5.41 Å². The van der Waals surface area contributed by atoms with Gasteiger partial charge in [0.25, 0.3) is 0 Å². The molecule has 0 fully saturated rings. The topological polar surface area (TPSA) is 59.2 Å². The standard InChI is InChI=1S/C15H25N3O/c1-5-15(4,11-16)14(19)18(12(2)3)10-13-7-6-8-17-9-13/h6-9,12H,5,10-11,16H2,1-4H3. The van der Waals surface area contributed by atoms with Gasteiger partial charge >= 0.3 is 0 Å². The summed E-state index contributed by atoms with van der Waals surface area (Å²) >= 11 is 0. The van der Waals surface area contributed by atoms with Crippen LogP contribution >= 0.6 is 0 Å². The Morgan fingerprint density at radius 1 is 1.53 bits per heavy atom. The fourth-order valence-corrected chi connectivity index (χ4v) is 1.91. The summed E-state index contributed by atoms with van der Waals surface area (Å²) in [6.07, 6.45) is 4.29. The molecule has 1 aromatic heterocycles. The third kappa shape index (κ3) is 3.77. The van der Waals surface area contributed by atoms with Crippen LogP contribution in [-0.4, -0.2) is 28.4 Å².